The van der Waals surface area contributed by atoms with Gasteiger partial charge in [0, 0.05) is 7.05 Å². The number of benzene rings is 1. The zero-order valence-corrected chi connectivity index (χ0v) is 8.79. The Bertz CT molecular complexity index is 527. The van der Waals surface area contributed by atoms with E-state index < -0.39 is 0 Å². The Labute approximate surface area is 92.9 Å². The second kappa shape index (κ2) is 4.45. The fourth-order valence-corrected chi connectivity index (χ4v) is 1.27. The lowest BCUT2D eigenvalue weighted by Crippen LogP contribution is -1.95. The van der Waals surface area contributed by atoms with Crippen molar-refractivity contribution in [1.82, 2.24) is 15.0 Å². The van der Waals surface area contributed by atoms with Crippen molar-refractivity contribution < 1.29 is 4.74 Å². The van der Waals surface area contributed by atoms with Crippen molar-refractivity contribution in [3.05, 3.63) is 41.7 Å². The summed E-state index contributed by atoms with van der Waals surface area (Å²) in [6.07, 6.45) is 1.79. The Kier molecular flexibility index (Phi) is 2.83. The Morgan fingerprint density at radius 2 is 2.38 bits per heavy atom. The molecule has 0 spiro atoms. The number of nitrogens with zero attached hydrogens (tertiary/aromatic N) is 4. The van der Waals surface area contributed by atoms with Gasteiger partial charge in [-0.2, -0.15) is 5.26 Å². The summed E-state index contributed by atoms with van der Waals surface area (Å²) in [5.74, 6) is 0.657. The van der Waals surface area contributed by atoms with Crippen molar-refractivity contribution in [2.24, 2.45) is 7.05 Å². The van der Waals surface area contributed by atoms with Crippen molar-refractivity contribution in [1.29, 1.82) is 5.26 Å². The molecule has 0 bridgehead atoms. The summed E-state index contributed by atoms with van der Waals surface area (Å²) in [5, 5.41) is 16.4. The first-order valence-corrected chi connectivity index (χ1v) is 4.76. The number of aryl methyl sites for hydroxylation is 1. The van der Waals surface area contributed by atoms with Gasteiger partial charge in [0.05, 0.1) is 17.8 Å². The van der Waals surface area contributed by atoms with E-state index in [0.717, 1.165) is 5.69 Å². The summed E-state index contributed by atoms with van der Waals surface area (Å²) in [6, 6.07) is 9.06. The van der Waals surface area contributed by atoms with Crippen LogP contribution in [0, 0.1) is 11.3 Å². The molecule has 5 nitrogen and oxygen atoms in total. The summed E-state index contributed by atoms with van der Waals surface area (Å²) in [7, 11) is 1.80. The zero-order chi connectivity index (χ0) is 11.4. The van der Waals surface area contributed by atoms with Gasteiger partial charge in [0.2, 0.25) is 0 Å². The molecule has 1 aromatic heterocycles. The molecule has 0 aliphatic carbocycles. The molecule has 80 valence electrons. The molecule has 0 fully saturated rings. The second-order valence-corrected chi connectivity index (χ2v) is 3.31. The van der Waals surface area contributed by atoms with Gasteiger partial charge in [-0.15, -0.1) is 5.10 Å². The molecule has 0 radical (unpaired) electrons. The highest BCUT2D eigenvalue weighted by Crippen LogP contribution is 2.13. The average Bonchev–Trinajstić information content (AvgIpc) is 2.73. The molecule has 1 heterocycles. The fraction of sp³-hybridized carbons (Fsp3) is 0.182. The van der Waals surface area contributed by atoms with E-state index in [4.69, 9.17) is 10.00 Å². The van der Waals surface area contributed by atoms with E-state index in [2.05, 4.69) is 16.4 Å². The minimum atomic E-state index is 0.350. The van der Waals surface area contributed by atoms with E-state index in [1.54, 1.807) is 42.2 Å². The third-order valence-corrected chi connectivity index (χ3v) is 2.00. The lowest BCUT2D eigenvalue weighted by molar-refractivity contribution is 0.301. The minimum Gasteiger partial charge on any atom is -0.487 e. The lowest BCUT2D eigenvalue weighted by Gasteiger charge is -2.03. The first-order chi connectivity index (χ1) is 7.78. The quantitative estimate of drug-likeness (QED) is 0.771. The smallest absolute Gasteiger partial charge is 0.134 e. The molecule has 0 unspecified atom stereocenters. The van der Waals surface area contributed by atoms with Crippen LogP contribution >= 0.6 is 0 Å². The second-order valence-electron chi connectivity index (χ2n) is 3.31. The fourth-order valence-electron chi connectivity index (χ4n) is 1.27. The van der Waals surface area contributed by atoms with E-state index in [9.17, 15) is 0 Å². The molecule has 2 rings (SSSR count). The van der Waals surface area contributed by atoms with E-state index in [1.165, 1.54) is 0 Å². The van der Waals surface area contributed by atoms with Gasteiger partial charge in [-0.25, -0.2) is 0 Å². The van der Waals surface area contributed by atoms with Crippen LogP contribution in [0.15, 0.2) is 30.5 Å². The molecule has 0 saturated carbocycles. The van der Waals surface area contributed by atoms with Gasteiger partial charge in [-0.3, -0.25) is 4.68 Å². The molecule has 2 aromatic rings. The van der Waals surface area contributed by atoms with Crippen molar-refractivity contribution in [2.45, 2.75) is 6.61 Å². The van der Waals surface area contributed by atoms with Crippen LogP contribution in [0.2, 0.25) is 0 Å². The summed E-state index contributed by atoms with van der Waals surface area (Å²) < 4.78 is 7.10. The minimum absolute atomic E-state index is 0.350. The van der Waals surface area contributed by atoms with Gasteiger partial charge in [0.15, 0.2) is 0 Å². The summed E-state index contributed by atoms with van der Waals surface area (Å²) in [6.45, 7) is 0.350. The van der Waals surface area contributed by atoms with E-state index in [1.807, 2.05) is 0 Å². The van der Waals surface area contributed by atoms with Gasteiger partial charge >= 0.3 is 0 Å². The van der Waals surface area contributed by atoms with Gasteiger partial charge in [0.1, 0.15) is 18.1 Å². The van der Waals surface area contributed by atoms with Crippen LogP contribution in [0.4, 0.5) is 0 Å². The monoisotopic (exact) mass is 214 g/mol. The zero-order valence-electron chi connectivity index (χ0n) is 8.79. The van der Waals surface area contributed by atoms with Crippen LogP contribution in [0.1, 0.15) is 11.3 Å². The maximum atomic E-state index is 8.72. The Morgan fingerprint density at radius 3 is 3.06 bits per heavy atom. The van der Waals surface area contributed by atoms with Crippen molar-refractivity contribution in [3.63, 3.8) is 0 Å². The predicted octanol–water partition coefficient (Wildman–Crippen LogP) is 1.27. The Hall–Kier alpha value is -2.35. The molecule has 0 aliphatic rings. The number of rotatable bonds is 3. The highest BCUT2D eigenvalue weighted by atomic mass is 16.5. The highest BCUT2D eigenvalue weighted by molar-refractivity contribution is 5.36. The van der Waals surface area contributed by atoms with Gasteiger partial charge < -0.3 is 4.74 Å². The van der Waals surface area contributed by atoms with Crippen molar-refractivity contribution in [3.8, 4) is 11.8 Å². The molecular weight excluding hydrogens is 204 g/mol. The maximum absolute atomic E-state index is 8.72. The molecule has 0 amide bonds. The molecule has 0 saturated heterocycles. The first kappa shape index (κ1) is 10.2. The molecule has 0 N–H and O–H groups in total. The topological polar surface area (TPSA) is 63.7 Å². The lowest BCUT2D eigenvalue weighted by atomic mass is 10.2. The van der Waals surface area contributed by atoms with Crippen LogP contribution in [-0.4, -0.2) is 15.0 Å². The van der Waals surface area contributed by atoms with Crippen LogP contribution in [-0.2, 0) is 13.7 Å². The summed E-state index contributed by atoms with van der Waals surface area (Å²) in [5.41, 5.74) is 1.33. The Balaban J connectivity index is 2.02. The number of hydrogen-bond acceptors (Lipinski definition) is 4. The van der Waals surface area contributed by atoms with Crippen molar-refractivity contribution >= 4 is 0 Å². The third kappa shape index (κ3) is 2.36. The third-order valence-electron chi connectivity index (χ3n) is 2.00. The van der Waals surface area contributed by atoms with Gasteiger partial charge in [0.25, 0.3) is 0 Å². The molecule has 0 atom stereocenters. The first-order valence-electron chi connectivity index (χ1n) is 4.76. The summed E-state index contributed by atoms with van der Waals surface area (Å²) >= 11 is 0. The number of aromatic nitrogens is 3. The molecular formula is C11H10N4O. The number of nitriles is 1. The van der Waals surface area contributed by atoms with Crippen LogP contribution in [0.3, 0.4) is 0 Å². The number of ether oxygens (including phenoxy) is 1. The standard InChI is InChI=1S/C11H10N4O/c1-15-7-10(13-14-15)8-16-11-4-2-3-9(5-11)6-12/h2-5,7H,8H2,1H3. The van der Waals surface area contributed by atoms with E-state index in [0.29, 0.717) is 17.9 Å². The molecule has 16 heavy (non-hydrogen) atoms. The predicted molar refractivity (Wildman–Crippen MR) is 56.5 cm³/mol. The normalized spacial score (nSPS) is 9.75. The largest absolute Gasteiger partial charge is 0.487 e. The molecule has 5 heteroatoms. The SMILES string of the molecule is Cn1cc(COc2cccc(C#N)c2)nn1. The summed E-state index contributed by atoms with van der Waals surface area (Å²) in [4.78, 5) is 0. The average molecular weight is 214 g/mol. The van der Waals surface area contributed by atoms with Gasteiger partial charge in [-0.1, -0.05) is 11.3 Å². The van der Waals surface area contributed by atoms with Crippen LogP contribution in [0.5, 0.6) is 5.75 Å². The number of hydrogen-bond donors (Lipinski definition) is 0. The highest BCUT2D eigenvalue weighted by Gasteiger charge is 2.00. The van der Waals surface area contributed by atoms with E-state index in [-0.39, 0.29) is 0 Å². The van der Waals surface area contributed by atoms with Gasteiger partial charge in [-0.05, 0) is 18.2 Å². The van der Waals surface area contributed by atoms with Crippen molar-refractivity contribution in [2.75, 3.05) is 0 Å². The van der Waals surface area contributed by atoms with Crippen LogP contribution < -0.4 is 4.74 Å². The van der Waals surface area contributed by atoms with Crippen LogP contribution in [0.25, 0.3) is 0 Å². The van der Waals surface area contributed by atoms with E-state index >= 15 is 0 Å². The molecule has 0 aliphatic heterocycles. The Morgan fingerprint density at radius 1 is 1.50 bits per heavy atom. The molecule has 1 aromatic carbocycles. The maximum Gasteiger partial charge on any atom is 0.134 e.